The molecular formula is C18H21FN4O. The van der Waals surface area contributed by atoms with Gasteiger partial charge in [0.2, 0.25) is 0 Å². The number of halogens is 1. The number of carbonyl (C=O) groups excluding carboxylic acids is 1. The van der Waals surface area contributed by atoms with Gasteiger partial charge in [0.05, 0.1) is 5.69 Å². The Balaban J connectivity index is 1.58. The summed E-state index contributed by atoms with van der Waals surface area (Å²) in [6.45, 7) is 7.22. The van der Waals surface area contributed by atoms with Crippen molar-refractivity contribution in [3.8, 4) is 5.69 Å². The second-order valence-electron chi connectivity index (χ2n) is 6.89. The Morgan fingerprint density at radius 3 is 2.50 bits per heavy atom. The van der Waals surface area contributed by atoms with Crippen LogP contribution in [0.5, 0.6) is 0 Å². The molecule has 1 amide bonds. The Labute approximate surface area is 140 Å². The van der Waals surface area contributed by atoms with Crippen molar-refractivity contribution >= 4 is 5.91 Å². The first-order valence-corrected chi connectivity index (χ1v) is 8.36. The Morgan fingerprint density at radius 1 is 1.21 bits per heavy atom. The van der Waals surface area contributed by atoms with Gasteiger partial charge < -0.3 is 10.2 Å². The SMILES string of the molecule is Cc1cc(C)n(-c2ccc(C(=O)N3C[C@H]4CNC[C@H]4C3)cc2F)n1. The summed E-state index contributed by atoms with van der Waals surface area (Å²) < 4.78 is 16.1. The summed E-state index contributed by atoms with van der Waals surface area (Å²) in [5, 5.41) is 7.66. The van der Waals surface area contributed by atoms with Crippen molar-refractivity contribution in [1.29, 1.82) is 0 Å². The van der Waals surface area contributed by atoms with E-state index in [1.807, 2.05) is 24.8 Å². The lowest BCUT2D eigenvalue weighted by atomic mass is 10.0. The molecule has 2 saturated heterocycles. The van der Waals surface area contributed by atoms with Gasteiger partial charge in [0.1, 0.15) is 11.5 Å². The van der Waals surface area contributed by atoms with Gasteiger partial charge >= 0.3 is 0 Å². The van der Waals surface area contributed by atoms with Gasteiger partial charge in [-0.15, -0.1) is 0 Å². The average molecular weight is 328 g/mol. The minimum Gasteiger partial charge on any atom is -0.338 e. The average Bonchev–Trinajstić information content (AvgIpc) is 3.21. The normalized spacial score (nSPS) is 22.9. The van der Waals surface area contributed by atoms with E-state index in [4.69, 9.17) is 0 Å². The van der Waals surface area contributed by atoms with Crippen LogP contribution in [-0.2, 0) is 0 Å². The number of carbonyl (C=O) groups is 1. The van der Waals surface area contributed by atoms with Crippen LogP contribution in [0.3, 0.4) is 0 Å². The largest absolute Gasteiger partial charge is 0.338 e. The highest BCUT2D eigenvalue weighted by atomic mass is 19.1. The highest BCUT2D eigenvalue weighted by Crippen LogP contribution is 2.28. The summed E-state index contributed by atoms with van der Waals surface area (Å²) in [6, 6.07) is 6.57. The molecule has 2 atom stereocenters. The lowest BCUT2D eigenvalue weighted by Crippen LogP contribution is -2.31. The molecule has 1 aromatic heterocycles. The molecule has 1 N–H and O–H groups in total. The molecule has 2 aliphatic heterocycles. The second kappa shape index (κ2) is 5.70. The van der Waals surface area contributed by atoms with Crippen LogP contribution in [0.25, 0.3) is 5.69 Å². The first-order valence-electron chi connectivity index (χ1n) is 8.36. The van der Waals surface area contributed by atoms with E-state index in [2.05, 4.69) is 10.4 Å². The summed E-state index contributed by atoms with van der Waals surface area (Å²) >= 11 is 0. The second-order valence-corrected chi connectivity index (χ2v) is 6.89. The van der Waals surface area contributed by atoms with Crippen LogP contribution < -0.4 is 5.32 Å². The van der Waals surface area contributed by atoms with Gasteiger partial charge in [0.15, 0.2) is 0 Å². The van der Waals surface area contributed by atoms with Crippen LogP contribution in [-0.4, -0.2) is 46.8 Å². The number of aromatic nitrogens is 2. The Hall–Kier alpha value is -2.21. The van der Waals surface area contributed by atoms with Crippen molar-refractivity contribution in [1.82, 2.24) is 20.0 Å². The minimum absolute atomic E-state index is 0.0804. The van der Waals surface area contributed by atoms with E-state index >= 15 is 0 Å². The predicted octanol–water partition coefficient (Wildman–Crippen LogP) is 1.92. The molecule has 6 heteroatoms. The third-order valence-electron chi connectivity index (χ3n) is 5.11. The molecule has 1 aromatic carbocycles. The van der Waals surface area contributed by atoms with Crippen LogP contribution in [0.15, 0.2) is 24.3 Å². The zero-order valence-electron chi connectivity index (χ0n) is 13.9. The van der Waals surface area contributed by atoms with Gasteiger partial charge in [-0.2, -0.15) is 5.10 Å². The van der Waals surface area contributed by atoms with E-state index in [1.54, 1.807) is 16.8 Å². The number of likely N-dealkylation sites (tertiary alicyclic amines) is 1. The topological polar surface area (TPSA) is 50.2 Å². The predicted molar refractivity (Wildman–Crippen MR) is 88.7 cm³/mol. The maximum Gasteiger partial charge on any atom is 0.253 e. The summed E-state index contributed by atoms with van der Waals surface area (Å²) in [4.78, 5) is 14.5. The number of hydrogen-bond acceptors (Lipinski definition) is 3. The molecule has 24 heavy (non-hydrogen) atoms. The van der Waals surface area contributed by atoms with Gasteiger partial charge in [0.25, 0.3) is 5.91 Å². The molecule has 0 aliphatic carbocycles. The Bertz CT molecular complexity index is 788. The molecule has 126 valence electrons. The fraction of sp³-hybridized carbons (Fsp3) is 0.444. The van der Waals surface area contributed by atoms with E-state index in [0.717, 1.165) is 37.6 Å². The number of fused-ring (bicyclic) bond motifs is 1. The molecule has 5 nitrogen and oxygen atoms in total. The number of hydrogen-bond donors (Lipinski definition) is 1. The number of benzene rings is 1. The Morgan fingerprint density at radius 2 is 1.92 bits per heavy atom. The summed E-state index contributed by atoms with van der Waals surface area (Å²) in [7, 11) is 0. The fourth-order valence-electron chi connectivity index (χ4n) is 3.89. The van der Waals surface area contributed by atoms with E-state index in [0.29, 0.717) is 23.1 Å². The molecule has 0 saturated carbocycles. The molecule has 2 aromatic rings. The maximum absolute atomic E-state index is 14.6. The monoisotopic (exact) mass is 328 g/mol. The zero-order chi connectivity index (χ0) is 16.8. The number of rotatable bonds is 2. The molecule has 0 unspecified atom stereocenters. The standard InChI is InChI=1S/C18H21FN4O/c1-11-5-12(2)23(21-11)17-4-3-13(6-16(17)19)18(24)22-9-14-7-20-8-15(14)10-22/h3-6,14-15,20H,7-10H2,1-2H3/t14-,15+. The van der Waals surface area contributed by atoms with E-state index in [-0.39, 0.29) is 5.91 Å². The van der Waals surface area contributed by atoms with Crippen LogP contribution in [0.1, 0.15) is 21.7 Å². The van der Waals surface area contributed by atoms with E-state index in [9.17, 15) is 9.18 Å². The molecular weight excluding hydrogens is 307 g/mol. The highest BCUT2D eigenvalue weighted by molar-refractivity contribution is 5.94. The molecule has 3 heterocycles. The maximum atomic E-state index is 14.6. The lowest BCUT2D eigenvalue weighted by Gasteiger charge is -2.18. The van der Waals surface area contributed by atoms with Gasteiger partial charge in [-0.1, -0.05) is 0 Å². The third kappa shape index (κ3) is 2.51. The molecule has 2 aliphatic rings. The van der Waals surface area contributed by atoms with E-state index < -0.39 is 5.82 Å². The number of aryl methyl sites for hydroxylation is 2. The van der Waals surface area contributed by atoms with Crippen molar-refractivity contribution in [2.75, 3.05) is 26.2 Å². The van der Waals surface area contributed by atoms with Crippen molar-refractivity contribution < 1.29 is 9.18 Å². The third-order valence-corrected chi connectivity index (χ3v) is 5.11. The van der Waals surface area contributed by atoms with Crippen LogP contribution in [0.2, 0.25) is 0 Å². The molecule has 4 rings (SSSR count). The van der Waals surface area contributed by atoms with Crippen molar-refractivity contribution in [2.45, 2.75) is 13.8 Å². The quantitative estimate of drug-likeness (QED) is 0.916. The Kier molecular flexibility index (Phi) is 3.64. The van der Waals surface area contributed by atoms with Gasteiger partial charge in [0, 0.05) is 37.4 Å². The first-order chi connectivity index (χ1) is 11.5. The van der Waals surface area contributed by atoms with Crippen LogP contribution >= 0.6 is 0 Å². The van der Waals surface area contributed by atoms with Crippen molar-refractivity contribution in [2.24, 2.45) is 11.8 Å². The first kappa shape index (κ1) is 15.3. The number of nitrogens with zero attached hydrogens (tertiary/aromatic N) is 3. The van der Waals surface area contributed by atoms with E-state index in [1.165, 1.54) is 6.07 Å². The summed E-state index contributed by atoms with van der Waals surface area (Å²) in [5.41, 5.74) is 2.49. The van der Waals surface area contributed by atoms with Gasteiger partial charge in [-0.25, -0.2) is 9.07 Å². The number of amides is 1. The van der Waals surface area contributed by atoms with Crippen LogP contribution in [0, 0.1) is 31.5 Å². The smallest absolute Gasteiger partial charge is 0.253 e. The van der Waals surface area contributed by atoms with Crippen molar-refractivity contribution in [3.63, 3.8) is 0 Å². The molecule has 0 spiro atoms. The fourth-order valence-corrected chi connectivity index (χ4v) is 3.89. The van der Waals surface area contributed by atoms with Crippen molar-refractivity contribution in [3.05, 3.63) is 47.0 Å². The summed E-state index contributed by atoms with van der Waals surface area (Å²) in [6.07, 6.45) is 0. The minimum atomic E-state index is -0.423. The van der Waals surface area contributed by atoms with Gasteiger partial charge in [-0.05, 0) is 49.9 Å². The highest BCUT2D eigenvalue weighted by Gasteiger charge is 2.38. The van der Waals surface area contributed by atoms with Gasteiger partial charge in [-0.3, -0.25) is 4.79 Å². The zero-order valence-corrected chi connectivity index (χ0v) is 13.9. The lowest BCUT2D eigenvalue weighted by molar-refractivity contribution is 0.0781. The van der Waals surface area contributed by atoms with Crippen LogP contribution in [0.4, 0.5) is 4.39 Å². The molecule has 2 fully saturated rings. The molecule has 0 bridgehead atoms. The number of nitrogens with one attached hydrogen (secondary N) is 1. The molecule has 0 radical (unpaired) electrons. The summed E-state index contributed by atoms with van der Waals surface area (Å²) in [5.74, 6) is 0.567.